The number of amides is 4. The van der Waals surface area contributed by atoms with E-state index in [1.165, 1.54) is 0 Å². The summed E-state index contributed by atoms with van der Waals surface area (Å²) in [4.78, 5) is 41.0. The minimum Gasteiger partial charge on any atom is -0.354 e. The van der Waals surface area contributed by atoms with Gasteiger partial charge >= 0.3 is 6.03 Å². The molecule has 0 aromatic heterocycles. The van der Waals surface area contributed by atoms with Gasteiger partial charge in [-0.05, 0) is 12.8 Å². The van der Waals surface area contributed by atoms with Crippen LogP contribution in [-0.2, 0) is 9.59 Å². The Kier molecular flexibility index (Phi) is 5.03. The molecule has 0 bridgehead atoms. The van der Waals surface area contributed by atoms with Gasteiger partial charge in [0.15, 0.2) is 0 Å². The van der Waals surface area contributed by atoms with Gasteiger partial charge in [0.1, 0.15) is 0 Å². The summed E-state index contributed by atoms with van der Waals surface area (Å²) in [5, 5.41) is 2.77. The Balaban J connectivity index is 1.95. The molecule has 0 aromatic carbocycles. The van der Waals surface area contributed by atoms with Crippen molar-refractivity contribution in [2.24, 2.45) is 5.92 Å². The number of piperidine rings is 1. The minimum absolute atomic E-state index is 0.00152. The summed E-state index contributed by atoms with van der Waals surface area (Å²) in [5.74, 6) is -0.0723. The maximum absolute atomic E-state index is 12.6. The van der Waals surface area contributed by atoms with Crippen LogP contribution in [0, 0.1) is 5.92 Å². The van der Waals surface area contributed by atoms with Crippen molar-refractivity contribution >= 4 is 17.8 Å². The van der Waals surface area contributed by atoms with Gasteiger partial charge in [0, 0.05) is 53.2 Å². The molecule has 0 spiro atoms. The Labute approximate surface area is 125 Å². The number of rotatable bonds is 1. The van der Waals surface area contributed by atoms with Crippen LogP contribution in [0.2, 0.25) is 0 Å². The first-order valence-electron chi connectivity index (χ1n) is 7.50. The van der Waals surface area contributed by atoms with Gasteiger partial charge in [-0.15, -0.1) is 0 Å². The fourth-order valence-electron chi connectivity index (χ4n) is 2.88. The largest absolute Gasteiger partial charge is 0.354 e. The number of carbonyl (C=O) groups is 3. The third-order valence-corrected chi connectivity index (χ3v) is 4.05. The lowest BCUT2D eigenvalue weighted by Crippen LogP contribution is -2.49. The monoisotopic (exact) mass is 296 g/mol. The van der Waals surface area contributed by atoms with Crippen LogP contribution >= 0.6 is 0 Å². The summed E-state index contributed by atoms with van der Waals surface area (Å²) in [6.07, 6.45) is 2.02. The van der Waals surface area contributed by atoms with Crippen LogP contribution in [0.3, 0.4) is 0 Å². The number of carbonyl (C=O) groups excluding carboxylic acids is 3. The Bertz CT molecular complexity index is 424. The van der Waals surface area contributed by atoms with E-state index in [0.717, 1.165) is 12.8 Å². The quantitative estimate of drug-likeness (QED) is 0.724. The Morgan fingerprint density at radius 2 is 1.95 bits per heavy atom. The SMILES string of the molecule is CN(C)C(=O)N1CCCC(C(=O)N2CCNC(=O)CC2)C1. The second-order valence-corrected chi connectivity index (χ2v) is 5.89. The highest BCUT2D eigenvalue weighted by molar-refractivity contribution is 5.82. The second kappa shape index (κ2) is 6.78. The highest BCUT2D eigenvalue weighted by Gasteiger charge is 2.32. The van der Waals surface area contributed by atoms with Crippen molar-refractivity contribution in [1.82, 2.24) is 20.0 Å². The summed E-state index contributed by atoms with van der Waals surface area (Å²) in [6, 6.07) is -0.0415. The van der Waals surface area contributed by atoms with Crippen LogP contribution in [0.25, 0.3) is 0 Å². The molecule has 0 aliphatic carbocycles. The van der Waals surface area contributed by atoms with Crippen LogP contribution in [-0.4, -0.2) is 79.4 Å². The molecule has 21 heavy (non-hydrogen) atoms. The summed E-state index contributed by atoms with van der Waals surface area (Å²) in [7, 11) is 3.44. The average molecular weight is 296 g/mol. The molecule has 7 heteroatoms. The molecular weight excluding hydrogens is 272 g/mol. The molecule has 118 valence electrons. The van der Waals surface area contributed by atoms with Crippen molar-refractivity contribution in [3.8, 4) is 0 Å². The molecule has 2 rings (SSSR count). The highest BCUT2D eigenvalue weighted by Crippen LogP contribution is 2.20. The zero-order valence-corrected chi connectivity index (χ0v) is 12.8. The normalized spacial score (nSPS) is 23.3. The van der Waals surface area contributed by atoms with E-state index < -0.39 is 0 Å². The molecule has 0 saturated carbocycles. The first kappa shape index (κ1) is 15.6. The fourth-order valence-corrected chi connectivity index (χ4v) is 2.88. The lowest BCUT2D eigenvalue weighted by molar-refractivity contribution is -0.136. The van der Waals surface area contributed by atoms with Gasteiger partial charge < -0.3 is 20.0 Å². The van der Waals surface area contributed by atoms with Crippen molar-refractivity contribution < 1.29 is 14.4 Å². The Morgan fingerprint density at radius 1 is 1.19 bits per heavy atom. The maximum atomic E-state index is 12.6. The van der Waals surface area contributed by atoms with E-state index in [1.54, 1.807) is 28.8 Å². The molecule has 1 atom stereocenters. The van der Waals surface area contributed by atoms with E-state index in [4.69, 9.17) is 0 Å². The smallest absolute Gasteiger partial charge is 0.319 e. The number of hydrogen-bond acceptors (Lipinski definition) is 3. The van der Waals surface area contributed by atoms with Crippen molar-refractivity contribution in [3.63, 3.8) is 0 Å². The molecule has 2 saturated heterocycles. The first-order valence-corrected chi connectivity index (χ1v) is 7.50. The van der Waals surface area contributed by atoms with Crippen molar-refractivity contribution in [1.29, 1.82) is 0 Å². The maximum Gasteiger partial charge on any atom is 0.319 e. The predicted octanol–water partition coefficient (Wildman–Crippen LogP) is -0.271. The van der Waals surface area contributed by atoms with Gasteiger partial charge in [-0.2, -0.15) is 0 Å². The number of nitrogens with zero attached hydrogens (tertiary/aromatic N) is 3. The molecule has 2 aliphatic heterocycles. The highest BCUT2D eigenvalue weighted by atomic mass is 16.2. The van der Waals surface area contributed by atoms with Crippen LogP contribution in [0.15, 0.2) is 0 Å². The van der Waals surface area contributed by atoms with E-state index in [0.29, 0.717) is 39.1 Å². The standard InChI is InChI=1S/C14H24N4O3/c1-16(2)14(21)18-7-3-4-11(10-18)13(20)17-8-5-12(19)15-6-9-17/h11H,3-10H2,1-2H3,(H,15,19). The summed E-state index contributed by atoms with van der Waals surface area (Å²) >= 11 is 0. The van der Waals surface area contributed by atoms with E-state index in [1.807, 2.05) is 0 Å². The topological polar surface area (TPSA) is 73.0 Å². The molecule has 0 aromatic rings. The number of urea groups is 1. The van der Waals surface area contributed by atoms with E-state index in [-0.39, 0.29) is 23.8 Å². The van der Waals surface area contributed by atoms with Gasteiger partial charge in [-0.1, -0.05) is 0 Å². The van der Waals surface area contributed by atoms with Gasteiger partial charge in [-0.25, -0.2) is 4.79 Å². The zero-order chi connectivity index (χ0) is 15.4. The van der Waals surface area contributed by atoms with Crippen LogP contribution in [0.4, 0.5) is 4.79 Å². The molecule has 2 fully saturated rings. The van der Waals surface area contributed by atoms with Crippen LogP contribution < -0.4 is 5.32 Å². The van der Waals surface area contributed by atoms with E-state index in [9.17, 15) is 14.4 Å². The average Bonchev–Trinajstić information content (AvgIpc) is 2.70. The molecular formula is C14H24N4O3. The molecule has 2 heterocycles. The number of likely N-dealkylation sites (tertiary alicyclic amines) is 1. The van der Waals surface area contributed by atoms with Gasteiger partial charge in [0.2, 0.25) is 11.8 Å². The minimum atomic E-state index is -0.143. The van der Waals surface area contributed by atoms with Gasteiger partial charge in [0.25, 0.3) is 0 Å². The van der Waals surface area contributed by atoms with E-state index in [2.05, 4.69) is 5.32 Å². The zero-order valence-electron chi connectivity index (χ0n) is 12.8. The molecule has 0 radical (unpaired) electrons. The molecule has 1 N–H and O–H groups in total. The van der Waals surface area contributed by atoms with Gasteiger partial charge in [0.05, 0.1) is 5.92 Å². The van der Waals surface area contributed by atoms with Crippen LogP contribution in [0.5, 0.6) is 0 Å². The first-order chi connectivity index (χ1) is 9.99. The molecule has 7 nitrogen and oxygen atoms in total. The summed E-state index contributed by atoms with van der Waals surface area (Å²) in [5.41, 5.74) is 0. The Hall–Kier alpha value is -1.79. The second-order valence-electron chi connectivity index (χ2n) is 5.89. The predicted molar refractivity (Wildman–Crippen MR) is 77.6 cm³/mol. The van der Waals surface area contributed by atoms with Crippen molar-refractivity contribution in [2.45, 2.75) is 19.3 Å². The third-order valence-electron chi connectivity index (χ3n) is 4.05. The lowest BCUT2D eigenvalue weighted by atomic mass is 9.96. The Morgan fingerprint density at radius 3 is 2.67 bits per heavy atom. The summed E-state index contributed by atoms with van der Waals surface area (Å²) < 4.78 is 0. The number of nitrogens with one attached hydrogen (secondary N) is 1. The fraction of sp³-hybridized carbons (Fsp3) is 0.786. The van der Waals surface area contributed by atoms with Gasteiger partial charge in [-0.3, -0.25) is 9.59 Å². The summed E-state index contributed by atoms with van der Waals surface area (Å²) in [6.45, 7) is 2.73. The van der Waals surface area contributed by atoms with Crippen LogP contribution in [0.1, 0.15) is 19.3 Å². The van der Waals surface area contributed by atoms with Crippen molar-refractivity contribution in [3.05, 3.63) is 0 Å². The lowest BCUT2D eigenvalue weighted by Gasteiger charge is -2.35. The molecule has 2 aliphatic rings. The van der Waals surface area contributed by atoms with Crippen molar-refractivity contribution in [2.75, 3.05) is 46.8 Å². The molecule has 1 unspecified atom stereocenters. The number of hydrogen-bond donors (Lipinski definition) is 1. The van der Waals surface area contributed by atoms with E-state index >= 15 is 0 Å². The third kappa shape index (κ3) is 3.86. The molecule has 4 amide bonds.